The predicted molar refractivity (Wildman–Crippen MR) is 126 cm³/mol. The number of nitrogens with one attached hydrogen (secondary N) is 1. The number of halogens is 2. The van der Waals surface area contributed by atoms with Crippen molar-refractivity contribution in [2.75, 3.05) is 0 Å². The number of aromatic nitrogens is 5. The maximum atomic E-state index is 16.0. The van der Waals surface area contributed by atoms with Gasteiger partial charge in [0.25, 0.3) is 0 Å². The van der Waals surface area contributed by atoms with Gasteiger partial charge in [0.15, 0.2) is 23.0 Å². The van der Waals surface area contributed by atoms with Crippen molar-refractivity contribution in [2.45, 2.75) is 57.8 Å². The molecule has 4 saturated carbocycles. The predicted octanol–water partition coefficient (Wildman–Crippen LogP) is 6.45. The van der Waals surface area contributed by atoms with Crippen LogP contribution < -0.4 is 0 Å². The van der Waals surface area contributed by atoms with Crippen molar-refractivity contribution in [1.29, 1.82) is 0 Å². The van der Waals surface area contributed by atoms with Gasteiger partial charge in [-0.1, -0.05) is 6.92 Å². The van der Waals surface area contributed by atoms with Gasteiger partial charge in [0, 0.05) is 5.92 Å². The number of nitrogens with zero attached hydrogens (tertiary/aromatic N) is 4. The summed E-state index contributed by atoms with van der Waals surface area (Å²) >= 11 is 0. The lowest BCUT2D eigenvalue weighted by Crippen LogP contribution is -2.39. The highest BCUT2D eigenvalue weighted by Crippen LogP contribution is 2.50. The molecule has 4 aromatic heterocycles. The van der Waals surface area contributed by atoms with Gasteiger partial charge in [-0.3, -0.25) is 5.10 Å². The average molecular weight is 476 g/mol. The van der Waals surface area contributed by atoms with E-state index in [2.05, 4.69) is 27.1 Å². The molecule has 4 aliphatic rings. The fraction of sp³-hybridized carbons (Fsp3) is 0.481. The Balaban J connectivity index is 1.36. The van der Waals surface area contributed by atoms with Gasteiger partial charge in [0.1, 0.15) is 23.0 Å². The van der Waals surface area contributed by atoms with Crippen LogP contribution in [0.2, 0.25) is 0 Å². The number of fused-ring (bicyclic) bond motifs is 4. The normalized spacial score (nSPS) is 26.0. The minimum absolute atomic E-state index is 0.151. The molecule has 8 rings (SSSR count). The highest BCUT2D eigenvalue weighted by Gasteiger charge is 2.42. The molecular formula is C27H27F2N5O. The zero-order valence-corrected chi connectivity index (χ0v) is 19.6. The van der Waals surface area contributed by atoms with Crippen LogP contribution >= 0.6 is 0 Å². The molecule has 2 bridgehead atoms. The molecule has 0 amide bonds. The molecule has 0 unspecified atom stereocenters. The standard InChI is InChI=1S/C27H27F2N5O/c1-13-14-2-4-15(5-3-14)18(13)11-20-23(29)25(22-9-8-21(35-22)16-6-7-16)32-27(31-20)24-19-10-17(28)12-30-26(19)34-33-24/h8-10,12-16,18H,2-7,11H2,1H3,(H,30,33,34)/t13-,14?,15?,18+/m0/s1. The van der Waals surface area contributed by atoms with Crippen LogP contribution in [-0.2, 0) is 6.42 Å². The SMILES string of the molecule is C[C@H]1C2CCC(CC2)[C@@H]1Cc1nc(-c2[nH]nc3ncc(F)cc23)nc(-c2ccc(C3CC3)o2)c1F. The number of H-pyrrole nitrogens is 1. The van der Waals surface area contributed by atoms with Crippen LogP contribution in [0.3, 0.4) is 0 Å². The van der Waals surface area contributed by atoms with Gasteiger partial charge in [0.2, 0.25) is 0 Å². The summed E-state index contributed by atoms with van der Waals surface area (Å²) in [4.78, 5) is 13.3. The van der Waals surface area contributed by atoms with E-state index in [0.29, 0.717) is 64.2 Å². The molecule has 2 atom stereocenters. The van der Waals surface area contributed by atoms with E-state index in [9.17, 15) is 4.39 Å². The van der Waals surface area contributed by atoms with E-state index in [-0.39, 0.29) is 11.5 Å². The maximum Gasteiger partial charge on any atom is 0.181 e. The maximum absolute atomic E-state index is 16.0. The van der Waals surface area contributed by atoms with Crippen molar-refractivity contribution in [3.05, 3.63) is 47.5 Å². The van der Waals surface area contributed by atoms with Gasteiger partial charge in [-0.2, -0.15) is 5.10 Å². The Morgan fingerprint density at radius 2 is 1.83 bits per heavy atom. The Kier molecular flexibility index (Phi) is 4.79. The minimum Gasteiger partial charge on any atom is -0.459 e. The highest BCUT2D eigenvalue weighted by molar-refractivity contribution is 5.88. The molecular weight excluding hydrogens is 448 g/mol. The van der Waals surface area contributed by atoms with Crippen LogP contribution in [0.4, 0.5) is 8.78 Å². The molecule has 0 aliphatic heterocycles. The quantitative estimate of drug-likeness (QED) is 0.359. The zero-order chi connectivity index (χ0) is 23.7. The molecule has 0 spiro atoms. The molecule has 180 valence electrons. The summed E-state index contributed by atoms with van der Waals surface area (Å²) < 4.78 is 36.1. The van der Waals surface area contributed by atoms with E-state index < -0.39 is 11.6 Å². The summed E-state index contributed by atoms with van der Waals surface area (Å²) in [5, 5.41) is 7.55. The molecule has 0 saturated heterocycles. The van der Waals surface area contributed by atoms with Crippen LogP contribution in [-0.4, -0.2) is 25.1 Å². The van der Waals surface area contributed by atoms with Crippen molar-refractivity contribution in [3.8, 4) is 23.0 Å². The first-order valence-corrected chi connectivity index (χ1v) is 12.7. The number of aromatic amines is 1. The molecule has 35 heavy (non-hydrogen) atoms. The van der Waals surface area contributed by atoms with E-state index >= 15 is 4.39 Å². The first-order valence-electron chi connectivity index (χ1n) is 12.7. The summed E-state index contributed by atoms with van der Waals surface area (Å²) in [5.74, 6) is 3.32. The molecule has 0 radical (unpaired) electrons. The van der Waals surface area contributed by atoms with E-state index in [1.165, 1.54) is 31.7 Å². The van der Waals surface area contributed by atoms with Crippen molar-refractivity contribution < 1.29 is 13.2 Å². The number of furan rings is 1. The van der Waals surface area contributed by atoms with Gasteiger partial charge in [0.05, 0.1) is 17.3 Å². The molecule has 6 nitrogen and oxygen atoms in total. The molecule has 4 aromatic rings. The van der Waals surface area contributed by atoms with E-state index in [4.69, 9.17) is 9.40 Å². The average Bonchev–Trinajstić information content (AvgIpc) is 3.45. The lowest BCUT2D eigenvalue weighted by Gasteiger charge is -2.47. The van der Waals surface area contributed by atoms with Crippen molar-refractivity contribution in [3.63, 3.8) is 0 Å². The fourth-order valence-electron chi connectivity index (χ4n) is 6.47. The lowest BCUT2D eigenvalue weighted by atomic mass is 9.58. The Morgan fingerprint density at radius 3 is 2.60 bits per heavy atom. The van der Waals surface area contributed by atoms with E-state index in [1.54, 1.807) is 6.07 Å². The topological polar surface area (TPSA) is 80.5 Å². The van der Waals surface area contributed by atoms with Crippen LogP contribution in [0.5, 0.6) is 0 Å². The van der Waals surface area contributed by atoms with Gasteiger partial charge < -0.3 is 4.42 Å². The zero-order valence-electron chi connectivity index (χ0n) is 19.6. The second-order valence-corrected chi connectivity index (χ2v) is 10.7. The number of rotatable bonds is 5. The second-order valence-electron chi connectivity index (χ2n) is 10.7. The molecule has 4 aliphatic carbocycles. The fourth-order valence-corrected chi connectivity index (χ4v) is 6.47. The Labute approximate surface area is 201 Å². The second kappa shape index (κ2) is 7.93. The number of hydrogen-bond donors (Lipinski definition) is 1. The lowest BCUT2D eigenvalue weighted by molar-refractivity contribution is 0.0334. The number of hydrogen-bond acceptors (Lipinski definition) is 5. The Bertz CT molecular complexity index is 1410. The third-order valence-electron chi connectivity index (χ3n) is 8.63. The molecule has 4 fully saturated rings. The summed E-state index contributed by atoms with van der Waals surface area (Å²) in [7, 11) is 0. The van der Waals surface area contributed by atoms with E-state index in [1.807, 2.05) is 6.07 Å². The largest absolute Gasteiger partial charge is 0.459 e. The van der Waals surface area contributed by atoms with E-state index in [0.717, 1.165) is 24.8 Å². The minimum atomic E-state index is -0.477. The summed E-state index contributed by atoms with van der Waals surface area (Å²) in [6.07, 6.45) is 8.85. The summed E-state index contributed by atoms with van der Waals surface area (Å²) in [6, 6.07) is 5.07. The van der Waals surface area contributed by atoms with Crippen LogP contribution in [0.1, 0.15) is 62.8 Å². The molecule has 8 heteroatoms. The molecule has 1 N–H and O–H groups in total. The third-order valence-corrected chi connectivity index (χ3v) is 8.63. The van der Waals surface area contributed by atoms with Crippen LogP contribution in [0, 0.1) is 35.3 Å². The summed E-state index contributed by atoms with van der Waals surface area (Å²) in [6.45, 7) is 2.31. The first-order chi connectivity index (χ1) is 17.0. The van der Waals surface area contributed by atoms with Gasteiger partial charge in [-0.25, -0.2) is 23.7 Å². The highest BCUT2D eigenvalue weighted by atomic mass is 19.1. The Hall–Kier alpha value is -3.16. The Morgan fingerprint density at radius 1 is 1.03 bits per heavy atom. The van der Waals surface area contributed by atoms with Gasteiger partial charge in [-0.05, 0) is 86.8 Å². The van der Waals surface area contributed by atoms with Gasteiger partial charge in [-0.15, -0.1) is 0 Å². The van der Waals surface area contributed by atoms with Crippen LogP contribution in [0.25, 0.3) is 34.0 Å². The van der Waals surface area contributed by atoms with Crippen molar-refractivity contribution in [2.24, 2.45) is 23.7 Å². The molecule has 0 aromatic carbocycles. The monoisotopic (exact) mass is 475 g/mol. The first kappa shape index (κ1) is 21.1. The van der Waals surface area contributed by atoms with Crippen molar-refractivity contribution in [1.82, 2.24) is 25.1 Å². The molecule has 4 heterocycles. The number of pyridine rings is 1. The van der Waals surface area contributed by atoms with Crippen LogP contribution in [0.15, 0.2) is 28.8 Å². The smallest absolute Gasteiger partial charge is 0.181 e. The van der Waals surface area contributed by atoms with Gasteiger partial charge >= 0.3 is 0 Å². The van der Waals surface area contributed by atoms with Crippen molar-refractivity contribution >= 4 is 11.0 Å². The summed E-state index contributed by atoms with van der Waals surface area (Å²) in [5.41, 5.74) is 1.34. The third kappa shape index (κ3) is 3.56.